The third-order valence-corrected chi connectivity index (χ3v) is 2.38. The highest BCUT2D eigenvalue weighted by Gasteiger charge is 2.12. The van der Waals surface area contributed by atoms with Gasteiger partial charge in [-0.1, -0.05) is 5.21 Å². The molecule has 0 amide bonds. The molecule has 2 aromatic rings. The van der Waals surface area contributed by atoms with Crippen LogP contribution >= 0.6 is 0 Å². The molecule has 0 fully saturated rings. The van der Waals surface area contributed by atoms with Crippen LogP contribution in [-0.4, -0.2) is 20.6 Å². The molecule has 2 N–H and O–H groups in total. The van der Waals surface area contributed by atoms with Gasteiger partial charge < -0.3 is 5.32 Å². The second-order valence-electron chi connectivity index (χ2n) is 3.60. The molecule has 5 nitrogen and oxygen atoms in total. The van der Waals surface area contributed by atoms with Crippen molar-refractivity contribution in [2.75, 3.05) is 0 Å². The Kier molecular flexibility index (Phi) is 3.38. The summed E-state index contributed by atoms with van der Waals surface area (Å²) >= 11 is 0. The molecule has 0 bridgehead atoms. The number of benzene rings is 1. The van der Waals surface area contributed by atoms with Crippen LogP contribution in [-0.2, 0) is 6.54 Å². The van der Waals surface area contributed by atoms with Crippen molar-refractivity contribution < 1.29 is 8.78 Å². The highest BCUT2D eigenvalue weighted by Crippen LogP contribution is 2.17. The Morgan fingerprint density at radius 1 is 1.41 bits per heavy atom. The fourth-order valence-electron chi connectivity index (χ4n) is 1.46. The largest absolute Gasteiger partial charge is 0.303 e. The molecule has 1 aromatic carbocycles. The quantitative estimate of drug-likeness (QED) is 0.844. The van der Waals surface area contributed by atoms with Crippen molar-refractivity contribution >= 4 is 0 Å². The van der Waals surface area contributed by atoms with Crippen LogP contribution in [0.2, 0.25) is 0 Å². The maximum Gasteiger partial charge on any atom is 0.188 e. The molecule has 0 aliphatic rings. The lowest BCUT2D eigenvalue weighted by Gasteiger charge is -2.13. The minimum Gasteiger partial charge on any atom is -0.303 e. The average molecular weight is 239 g/mol. The van der Waals surface area contributed by atoms with Gasteiger partial charge in [0.2, 0.25) is 0 Å². The van der Waals surface area contributed by atoms with E-state index in [1.165, 1.54) is 6.07 Å². The van der Waals surface area contributed by atoms with Gasteiger partial charge in [-0.25, -0.2) is 8.78 Å². The van der Waals surface area contributed by atoms with E-state index in [0.29, 0.717) is 12.4 Å². The summed E-state index contributed by atoms with van der Waals surface area (Å²) in [6, 6.07) is 3.02. The summed E-state index contributed by atoms with van der Waals surface area (Å²) < 4.78 is 26.4. The fourth-order valence-corrected chi connectivity index (χ4v) is 1.46. The van der Waals surface area contributed by atoms with Crippen LogP contribution in [0, 0.1) is 11.6 Å². The molecule has 0 aliphatic heterocycles. The predicted molar refractivity (Wildman–Crippen MR) is 55.8 cm³/mol. The zero-order chi connectivity index (χ0) is 12.3. The number of aromatic amines is 1. The standard InChI is InChI=1S/C10H11F2N5/c1-6(13-5-10-14-16-17-15-10)8-4-7(11)2-3-9(8)12/h2-4,6,13H,5H2,1H3,(H,14,15,16,17). The third kappa shape index (κ3) is 2.82. The summed E-state index contributed by atoms with van der Waals surface area (Å²) in [5.41, 5.74) is 0.272. The maximum absolute atomic E-state index is 13.4. The first-order chi connectivity index (χ1) is 8.16. The zero-order valence-corrected chi connectivity index (χ0v) is 9.11. The zero-order valence-electron chi connectivity index (χ0n) is 9.11. The van der Waals surface area contributed by atoms with Gasteiger partial charge in [-0.2, -0.15) is 5.21 Å². The number of hydrogen-bond acceptors (Lipinski definition) is 4. The number of H-pyrrole nitrogens is 1. The Hall–Kier alpha value is -1.89. The van der Waals surface area contributed by atoms with Crippen LogP contribution in [0.4, 0.5) is 8.78 Å². The van der Waals surface area contributed by atoms with Crippen molar-refractivity contribution in [2.45, 2.75) is 19.5 Å². The number of hydrogen-bond donors (Lipinski definition) is 2. The van der Waals surface area contributed by atoms with Gasteiger partial charge in [0.05, 0.1) is 6.54 Å². The van der Waals surface area contributed by atoms with Crippen LogP contribution in [0.3, 0.4) is 0 Å². The molecule has 1 unspecified atom stereocenters. The van der Waals surface area contributed by atoms with Crippen molar-refractivity contribution in [3.63, 3.8) is 0 Å². The molecule has 0 saturated heterocycles. The summed E-state index contributed by atoms with van der Waals surface area (Å²) in [6.45, 7) is 2.06. The number of aromatic nitrogens is 4. The topological polar surface area (TPSA) is 66.5 Å². The lowest BCUT2D eigenvalue weighted by atomic mass is 10.1. The minimum absolute atomic E-state index is 0.272. The molecule has 7 heteroatoms. The summed E-state index contributed by atoms with van der Waals surface area (Å²) in [5.74, 6) is -0.442. The molecule has 2 rings (SSSR count). The van der Waals surface area contributed by atoms with E-state index in [2.05, 4.69) is 25.9 Å². The van der Waals surface area contributed by atoms with Gasteiger partial charge in [0, 0.05) is 11.6 Å². The molecule has 1 atom stereocenters. The van der Waals surface area contributed by atoms with E-state index in [1.807, 2.05) is 0 Å². The number of tetrazole rings is 1. The molecule has 0 spiro atoms. The second kappa shape index (κ2) is 4.96. The van der Waals surface area contributed by atoms with Crippen LogP contribution in [0.25, 0.3) is 0 Å². The van der Waals surface area contributed by atoms with Gasteiger partial charge in [0.25, 0.3) is 0 Å². The molecule has 0 saturated carbocycles. The monoisotopic (exact) mass is 239 g/mol. The molecule has 17 heavy (non-hydrogen) atoms. The van der Waals surface area contributed by atoms with Crippen LogP contribution in [0.5, 0.6) is 0 Å². The van der Waals surface area contributed by atoms with Crippen molar-refractivity contribution in [3.05, 3.63) is 41.2 Å². The normalized spacial score (nSPS) is 12.6. The Morgan fingerprint density at radius 2 is 2.24 bits per heavy atom. The summed E-state index contributed by atoms with van der Waals surface area (Å²) in [4.78, 5) is 0. The van der Waals surface area contributed by atoms with Gasteiger partial charge in [0.15, 0.2) is 5.82 Å². The van der Waals surface area contributed by atoms with Crippen molar-refractivity contribution in [1.29, 1.82) is 0 Å². The number of rotatable bonds is 4. The number of halogens is 2. The van der Waals surface area contributed by atoms with E-state index in [4.69, 9.17) is 0 Å². The van der Waals surface area contributed by atoms with Gasteiger partial charge in [-0.05, 0) is 25.1 Å². The molecule has 0 radical (unpaired) electrons. The fraction of sp³-hybridized carbons (Fsp3) is 0.300. The average Bonchev–Trinajstić information content (AvgIpc) is 2.82. The molecule has 1 aromatic heterocycles. The summed E-state index contributed by atoms with van der Waals surface area (Å²) in [7, 11) is 0. The highest BCUT2D eigenvalue weighted by molar-refractivity contribution is 5.21. The number of nitrogens with one attached hydrogen (secondary N) is 2. The Balaban J connectivity index is 2.04. The van der Waals surface area contributed by atoms with E-state index in [0.717, 1.165) is 12.1 Å². The van der Waals surface area contributed by atoms with Crippen molar-refractivity contribution in [3.8, 4) is 0 Å². The van der Waals surface area contributed by atoms with Gasteiger partial charge in [-0.3, -0.25) is 0 Å². The lowest BCUT2D eigenvalue weighted by molar-refractivity contribution is 0.512. The molecule has 1 heterocycles. The smallest absolute Gasteiger partial charge is 0.188 e. The van der Waals surface area contributed by atoms with Crippen LogP contribution in [0.15, 0.2) is 18.2 Å². The highest BCUT2D eigenvalue weighted by atomic mass is 19.1. The molecular formula is C10H11F2N5. The lowest BCUT2D eigenvalue weighted by Crippen LogP contribution is -2.20. The Bertz CT molecular complexity index is 485. The number of nitrogens with zero attached hydrogens (tertiary/aromatic N) is 3. The first kappa shape index (κ1) is 11.6. The van der Waals surface area contributed by atoms with E-state index in [-0.39, 0.29) is 11.6 Å². The third-order valence-electron chi connectivity index (χ3n) is 2.38. The van der Waals surface area contributed by atoms with E-state index in [1.54, 1.807) is 6.92 Å². The minimum atomic E-state index is -0.463. The summed E-state index contributed by atoms with van der Waals surface area (Å²) in [6.07, 6.45) is 0. The first-order valence-electron chi connectivity index (χ1n) is 5.07. The first-order valence-corrected chi connectivity index (χ1v) is 5.07. The Morgan fingerprint density at radius 3 is 2.94 bits per heavy atom. The van der Waals surface area contributed by atoms with Crippen molar-refractivity contribution in [1.82, 2.24) is 25.9 Å². The van der Waals surface area contributed by atoms with Crippen molar-refractivity contribution in [2.24, 2.45) is 0 Å². The molecule has 0 aliphatic carbocycles. The predicted octanol–water partition coefficient (Wildman–Crippen LogP) is 1.33. The van der Waals surface area contributed by atoms with E-state index in [9.17, 15) is 8.78 Å². The van der Waals surface area contributed by atoms with Crippen LogP contribution in [0.1, 0.15) is 24.4 Å². The van der Waals surface area contributed by atoms with Gasteiger partial charge in [0.1, 0.15) is 11.6 Å². The summed E-state index contributed by atoms with van der Waals surface area (Å²) in [5, 5.41) is 16.2. The van der Waals surface area contributed by atoms with Gasteiger partial charge >= 0.3 is 0 Å². The SMILES string of the molecule is CC(NCc1nn[nH]n1)c1cc(F)ccc1F. The van der Waals surface area contributed by atoms with E-state index < -0.39 is 11.6 Å². The van der Waals surface area contributed by atoms with Gasteiger partial charge in [-0.15, -0.1) is 10.2 Å². The maximum atomic E-state index is 13.4. The molecule has 90 valence electrons. The Labute approximate surface area is 96.2 Å². The van der Waals surface area contributed by atoms with Crippen LogP contribution < -0.4 is 5.32 Å². The van der Waals surface area contributed by atoms with E-state index >= 15 is 0 Å². The second-order valence-corrected chi connectivity index (χ2v) is 3.60. The molecular weight excluding hydrogens is 228 g/mol.